The zero-order valence-corrected chi connectivity index (χ0v) is 13.0. The first kappa shape index (κ1) is 16.2. The van der Waals surface area contributed by atoms with Crippen molar-refractivity contribution in [2.24, 2.45) is 5.92 Å². The molecule has 1 fully saturated rings. The maximum absolute atomic E-state index is 13.4. The number of aryl methyl sites for hydroxylation is 1. The van der Waals surface area contributed by atoms with Gasteiger partial charge in [0.2, 0.25) is 5.92 Å². The summed E-state index contributed by atoms with van der Waals surface area (Å²) < 4.78 is 34.1. The summed E-state index contributed by atoms with van der Waals surface area (Å²) in [5.74, 6) is -1.57. The highest BCUT2D eigenvalue weighted by atomic mass is 19.3. The number of rotatable bonds is 6. The number of alkyl halides is 2. The molecule has 4 nitrogen and oxygen atoms in total. The van der Waals surface area contributed by atoms with Crippen LogP contribution in [0.25, 0.3) is 0 Å². The third kappa shape index (κ3) is 3.54. The number of nitrogens with one attached hydrogen (secondary N) is 1. The van der Waals surface area contributed by atoms with E-state index in [1.165, 1.54) is 0 Å². The Hall–Kier alpha value is -1.17. The van der Waals surface area contributed by atoms with Gasteiger partial charge >= 0.3 is 0 Å². The Balaban J connectivity index is 2.25. The van der Waals surface area contributed by atoms with E-state index in [0.717, 1.165) is 24.5 Å². The minimum absolute atomic E-state index is 0.0171. The smallest absolute Gasteiger partial charge is 0.248 e. The van der Waals surface area contributed by atoms with Crippen molar-refractivity contribution >= 4 is 0 Å². The number of hydrogen-bond donors (Lipinski definition) is 1. The molecule has 0 aliphatic heterocycles. The van der Waals surface area contributed by atoms with Crippen molar-refractivity contribution in [1.29, 1.82) is 0 Å². The van der Waals surface area contributed by atoms with Crippen molar-refractivity contribution in [3.63, 3.8) is 0 Å². The monoisotopic (exact) mass is 301 g/mol. The molecule has 0 bridgehead atoms. The lowest BCUT2D eigenvalue weighted by atomic mass is 9.80. The van der Waals surface area contributed by atoms with Crippen molar-refractivity contribution in [1.82, 2.24) is 15.1 Å². The molecule has 1 heterocycles. The van der Waals surface area contributed by atoms with Crippen molar-refractivity contribution in [3.05, 3.63) is 11.9 Å². The van der Waals surface area contributed by atoms with Crippen LogP contribution in [-0.4, -0.2) is 29.4 Å². The van der Waals surface area contributed by atoms with Crippen molar-refractivity contribution < 1.29 is 13.5 Å². The number of methoxy groups -OCH3 is 1. The molecule has 1 aliphatic rings. The van der Waals surface area contributed by atoms with Crippen molar-refractivity contribution in [2.45, 2.75) is 58.0 Å². The quantitative estimate of drug-likeness (QED) is 0.875. The molecular formula is C15H25F2N3O. The van der Waals surface area contributed by atoms with Gasteiger partial charge in [-0.25, -0.2) is 8.78 Å². The Morgan fingerprint density at radius 1 is 1.43 bits per heavy atom. The molecule has 1 aromatic rings. The van der Waals surface area contributed by atoms with Crippen molar-refractivity contribution in [2.75, 3.05) is 13.7 Å². The van der Waals surface area contributed by atoms with E-state index in [9.17, 15) is 8.78 Å². The zero-order valence-electron chi connectivity index (χ0n) is 13.0. The maximum Gasteiger partial charge on any atom is 0.248 e. The number of hydrogen-bond acceptors (Lipinski definition) is 3. The summed E-state index contributed by atoms with van der Waals surface area (Å²) in [6.45, 7) is 5.58. The SMILES string of the molecule is CCNC(c1c(OC)cnn1CC)C1CCC(F)(F)CC1. The molecule has 2 rings (SSSR count). The molecular weight excluding hydrogens is 276 g/mol. The summed E-state index contributed by atoms with van der Waals surface area (Å²) >= 11 is 0. The van der Waals surface area contributed by atoms with Crippen LogP contribution in [0.1, 0.15) is 51.3 Å². The average Bonchev–Trinajstić information content (AvgIpc) is 2.88. The highest BCUT2D eigenvalue weighted by Gasteiger charge is 2.39. The first-order valence-corrected chi connectivity index (χ1v) is 7.73. The fourth-order valence-electron chi connectivity index (χ4n) is 3.20. The average molecular weight is 301 g/mol. The second-order valence-electron chi connectivity index (χ2n) is 5.64. The molecule has 0 saturated heterocycles. The molecule has 1 aromatic heterocycles. The number of aromatic nitrogens is 2. The van der Waals surface area contributed by atoms with Crippen LogP contribution in [0.2, 0.25) is 0 Å². The summed E-state index contributed by atoms with van der Waals surface area (Å²) in [4.78, 5) is 0. The van der Waals surface area contributed by atoms with Crippen molar-refractivity contribution in [3.8, 4) is 5.75 Å². The van der Waals surface area contributed by atoms with Crippen LogP contribution in [-0.2, 0) is 6.54 Å². The first-order chi connectivity index (χ1) is 10.0. The fraction of sp³-hybridized carbons (Fsp3) is 0.800. The van der Waals surface area contributed by atoms with E-state index >= 15 is 0 Å². The molecule has 0 spiro atoms. The molecule has 1 saturated carbocycles. The standard InChI is InChI=1S/C15H25F2N3O/c1-4-18-13(11-6-8-15(16,17)9-7-11)14-12(21-3)10-19-20(14)5-2/h10-11,13,18H,4-9H2,1-3H3. The van der Waals surface area contributed by atoms with Gasteiger partial charge < -0.3 is 10.1 Å². The molecule has 0 amide bonds. The molecule has 21 heavy (non-hydrogen) atoms. The van der Waals surface area contributed by atoms with E-state index in [1.807, 2.05) is 18.5 Å². The lowest BCUT2D eigenvalue weighted by molar-refractivity contribution is -0.0500. The third-order valence-corrected chi connectivity index (χ3v) is 4.32. The third-order valence-electron chi connectivity index (χ3n) is 4.32. The summed E-state index contributed by atoms with van der Waals surface area (Å²) in [6.07, 6.45) is 2.72. The maximum atomic E-state index is 13.4. The molecule has 1 aliphatic carbocycles. The van der Waals surface area contributed by atoms with Gasteiger partial charge in [0.05, 0.1) is 25.0 Å². The van der Waals surface area contributed by atoms with Gasteiger partial charge in [-0.15, -0.1) is 0 Å². The lowest BCUT2D eigenvalue weighted by Gasteiger charge is -2.34. The van der Waals surface area contributed by atoms with Gasteiger partial charge in [-0.1, -0.05) is 6.92 Å². The van der Waals surface area contributed by atoms with E-state index < -0.39 is 5.92 Å². The molecule has 120 valence electrons. The van der Waals surface area contributed by atoms with Gasteiger partial charge in [0, 0.05) is 19.4 Å². The van der Waals surface area contributed by atoms with Gasteiger partial charge in [-0.3, -0.25) is 4.68 Å². The molecule has 0 radical (unpaired) electrons. The molecule has 6 heteroatoms. The predicted octanol–water partition coefficient (Wildman–Crippen LogP) is 3.39. The van der Waals surface area contributed by atoms with E-state index in [0.29, 0.717) is 12.8 Å². The Morgan fingerprint density at radius 2 is 2.10 bits per heavy atom. The van der Waals surface area contributed by atoms with Crippen LogP contribution in [0.4, 0.5) is 8.78 Å². The van der Waals surface area contributed by atoms with E-state index in [4.69, 9.17) is 4.74 Å². The van der Waals surface area contributed by atoms with Crippen LogP contribution in [0.15, 0.2) is 6.20 Å². The Bertz CT molecular complexity index is 430. The summed E-state index contributed by atoms with van der Waals surface area (Å²) in [6, 6.07) is 0.0171. The van der Waals surface area contributed by atoms with Gasteiger partial charge in [0.25, 0.3) is 0 Å². The second kappa shape index (κ2) is 6.73. The minimum Gasteiger partial charge on any atom is -0.493 e. The number of ether oxygens (including phenoxy) is 1. The topological polar surface area (TPSA) is 39.1 Å². The van der Waals surface area contributed by atoms with E-state index in [2.05, 4.69) is 10.4 Å². The molecule has 1 unspecified atom stereocenters. The number of nitrogens with zero attached hydrogens (tertiary/aromatic N) is 2. The Labute approximate surface area is 124 Å². The highest BCUT2D eigenvalue weighted by molar-refractivity contribution is 5.29. The first-order valence-electron chi connectivity index (χ1n) is 7.73. The summed E-state index contributed by atoms with van der Waals surface area (Å²) in [7, 11) is 1.62. The minimum atomic E-state index is -2.50. The Kier molecular flexibility index (Phi) is 5.19. The van der Waals surface area contributed by atoms with E-state index in [1.54, 1.807) is 13.3 Å². The Morgan fingerprint density at radius 3 is 2.62 bits per heavy atom. The van der Waals surface area contributed by atoms with Crippen LogP contribution in [0.3, 0.4) is 0 Å². The van der Waals surface area contributed by atoms with Crippen LogP contribution in [0, 0.1) is 5.92 Å². The van der Waals surface area contributed by atoms with Gasteiger partial charge in [0.15, 0.2) is 5.75 Å². The highest BCUT2D eigenvalue weighted by Crippen LogP contribution is 2.43. The normalized spacial score (nSPS) is 20.4. The fourth-order valence-corrected chi connectivity index (χ4v) is 3.20. The van der Waals surface area contributed by atoms with Gasteiger partial charge in [0.1, 0.15) is 0 Å². The van der Waals surface area contributed by atoms with Gasteiger partial charge in [-0.2, -0.15) is 5.10 Å². The van der Waals surface area contributed by atoms with Crippen LogP contribution in [0.5, 0.6) is 5.75 Å². The molecule has 1 N–H and O–H groups in total. The van der Waals surface area contributed by atoms with E-state index in [-0.39, 0.29) is 24.8 Å². The lowest BCUT2D eigenvalue weighted by Crippen LogP contribution is -2.35. The zero-order chi connectivity index (χ0) is 15.5. The predicted molar refractivity (Wildman–Crippen MR) is 77.8 cm³/mol. The second-order valence-corrected chi connectivity index (χ2v) is 5.64. The summed E-state index contributed by atoms with van der Waals surface area (Å²) in [5.41, 5.74) is 0.983. The van der Waals surface area contributed by atoms with Crippen LogP contribution < -0.4 is 10.1 Å². The molecule has 0 aromatic carbocycles. The summed E-state index contributed by atoms with van der Waals surface area (Å²) in [5, 5.41) is 7.78. The van der Waals surface area contributed by atoms with Crippen LogP contribution >= 0.6 is 0 Å². The largest absolute Gasteiger partial charge is 0.493 e. The van der Waals surface area contributed by atoms with Gasteiger partial charge in [-0.05, 0) is 32.2 Å². The molecule has 1 atom stereocenters. The number of halogens is 2.